The summed E-state index contributed by atoms with van der Waals surface area (Å²) < 4.78 is 18.7. The van der Waals surface area contributed by atoms with Crippen LogP contribution in [0.1, 0.15) is 6.92 Å². The highest BCUT2D eigenvalue weighted by atomic mass is 19.1. The quantitative estimate of drug-likeness (QED) is 0.872. The van der Waals surface area contributed by atoms with E-state index in [2.05, 4.69) is 10.3 Å². The number of nitrogens with two attached hydrogens (primary N) is 1. The first-order chi connectivity index (χ1) is 8.69. The Morgan fingerprint density at radius 1 is 1.28 bits per heavy atom. The smallest absolute Gasteiger partial charge is 0.167 e. The van der Waals surface area contributed by atoms with Crippen molar-refractivity contribution < 1.29 is 9.13 Å². The number of nitrogens with zero attached hydrogens (tertiary/aromatic N) is 1. The lowest BCUT2D eigenvalue weighted by Gasteiger charge is -2.09. The molecule has 0 spiro atoms. The summed E-state index contributed by atoms with van der Waals surface area (Å²) in [5, 5.41) is 3.04. The monoisotopic (exact) mass is 247 g/mol. The van der Waals surface area contributed by atoms with Gasteiger partial charge in [0.25, 0.3) is 0 Å². The fourth-order valence-corrected chi connectivity index (χ4v) is 1.54. The molecule has 1 aromatic carbocycles. The Labute approximate surface area is 105 Å². The molecule has 5 heteroatoms. The summed E-state index contributed by atoms with van der Waals surface area (Å²) in [7, 11) is 0. The molecule has 0 atom stereocenters. The number of aromatic nitrogens is 1. The first-order valence-corrected chi connectivity index (χ1v) is 5.60. The van der Waals surface area contributed by atoms with Gasteiger partial charge in [0, 0.05) is 29.7 Å². The molecule has 0 saturated heterocycles. The van der Waals surface area contributed by atoms with E-state index < -0.39 is 5.82 Å². The van der Waals surface area contributed by atoms with Gasteiger partial charge in [-0.05, 0) is 25.1 Å². The van der Waals surface area contributed by atoms with Crippen LogP contribution in [-0.2, 0) is 0 Å². The first kappa shape index (κ1) is 12.2. The van der Waals surface area contributed by atoms with Crippen LogP contribution in [0.2, 0.25) is 0 Å². The van der Waals surface area contributed by atoms with Gasteiger partial charge in [0.05, 0.1) is 6.61 Å². The first-order valence-electron chi connectivity index (χ1n) is 5.60. The minimum absolute atomic E-state index is 0.247. The van der Waals surface area contributed by atoms with Crippen molar-refractivity contribution in [3.8, 4) is 5.75 Å². The molecule has 4 nitrogen and oxygen atoms in total. The Hall–Kier alpha value is -2.30. The predicted molar refractivity (Wildman–Crippen MR) is 69.5 cm³/mol. The van der Waals surface area contributed by atoms with Gasteiger partial charge >= 0.3 is 0 Å². The standard InChI is InChI=1S/C13H14FN3O/c1-2-18-12-4-3-9(7-11(12)14)17-10-5-6-16-13(15)8-10/h3-8H,2H2,1H3,(H3,15,16,17). The molecule has 0 bridgehead atoms. The zero-order valence-electron chi connectivity index (χ0n) is 9.98. The molecule has 1 aromatic heterocycles. The second-order valence-corrected chi connectivity index (χ2v) is 3.67. The zero-order valence-corrected chi connectivity index (χ0v) is 9.98. The molecular weight excluding hydrogens is 233 g/mol. The van der Waals surface area contributed by atoms with Crippen molar-refractivity contribution in [3.05, 3.63) is 42.3 Å². The summed E-state index contributed by atoms with van der Waals surface area (Å²) in [5.74, 6) is 0.257. The second kappa shape index (κ2) is 5.35. The molecule has 94 valence electrons. The van der Waals surface area contributed by atoms with E-state index >= 15 is 0 Å². The van der Waals surface area contributed by atoms with E-state index in [1.54, 1.807) is 30.5 Å². The highest BCUT2D eigenvalue weighted by molar-refractivity contribution is 5.62. The SMILES string of the molecule is CCOc1ccc(Nc2ccnc(N)c2)cc1F. The third-order valence-electron chi connectivity index (χ3n) is 2.30. The van der Waals surface area contributed by atoms with Crippen LogP contribution in [0.15, 0.2) is 36.5 Å². The fraction of sp³-hybridized carbons (Fsp3) is 0.154. The van der Waals surface area contributed by atoms with Crippen LogP contribution in [0.5, 0.6) is 5.75 Å². The van der Waals surface area contributed by atoms with Gasteiger partial charge in [-0.2, -0.15) is 0 Å². The number of ether oxygens (including phenoxy) is 1. The van der Waals surface area contributed by atoms with Gasteiger partial charge in [-0.25, -0.2) is 9.37 Å². The lowest BCUT2D eigenvalue weighted by Crippen LogP contribution is -1.97. The third kappa shape index (κ3) is 2.88. The van der Waals surface area contributed by atoms with Crippen LogP contribution in [0.4, 0.5) is 21.6 Å². The minimum atomic E-state index is -0.399. The van der Waals surface area contributed by atoms with Gasteiger partial charge in [-0.1, -0.05) is 0 Å². The molecule has 0 radical (unpaired) electrons. The Bertz CT molecular complexity index is 546. The molecule has 0 amide bonds. The molecule has 2 aromatic rings. The van der Waals surface area contributed by atoms with E-state index in [0.29, 0.717) is 18.1 Å². The molecule has 0 aliphatic carbocycles. The van der Waals surface area contributed by atoms with Gasteiger partial charge in [-0.15, -0.1) is 0 Å². The average molecular weight is 247 g/mol. The van der Waals surface area contributed by atoms with Crippen LogP contribution in [0.25, 0.3) is 0 Å². The maximum Gasteiger partial charge on any atom is 0.167 e. The number of halogens is 1. The maximum atomic E-state index is 13.6. The highest BCUT2D eigenvalue weighted by Crippen LogP contribution is 2.24. The third-order valence-corrected chi connectivity index (χ3v) is 2.30. The predicted octanol–water partition coefficient (Wildman–Crippen LogP) is 2.95. The summed E-state index contributed by atoms with van der Waals surface area (Å²) >= 11 is 0. The number of pyridine rings is 1. The number of nitrogens with one attached hydrogen (secondary N) is 1. The van der Waals surface area contributed by atoms with Gasteiger partial charge < -0.3 is 15.8 Å². The molecule has 0 saturated carbocycles. The number of anilines is 3. The molecule has 18 heavy (non-hydrogen) atoms. The Morgan fingerprint density at radius 2 is 2.06 bits per heavy atom. The summed E-state index contributed by atoms with van der Waals surface area (Å²) in [4.78, 5) is 3.88. The average Bonchev–Trinajstić information content (AvgIpc) is 2.33. The lowest BCUT2D eigenvalue weighted by molar-refractivity contribution is 0.321. The van der Waals surface area contributed by atoms with E-state index in [1.807, 2.05) is 6.92 Å². The number of hydrogen-bond acceptors (Lipinski definition) is 4. The van der Waals surface area contributed by atoms with Crippen LogP contribution in [0.3, 0.4) is 0 Å². The van der Waals surface area contributed by atoms with E-state index in [9.17, 15) is 4.39 Å². The van der Waals surface area contributed by atoms with Gasteiger partial charge in [0.15, 0.2) is 11.6 Å². The van der Waals surface area contributed by atoms with Crippen LogP contribution in [-0.4, -0.2) is 11.6 Å². The van der Waals surface area contributed by atoms with Crippen LogP contribution >= 0.6 is 0 Å². The summed E-state index contributed by atoms with van der Waals surface area (Å²) in [5.41, 5.74) is 6.94. The molecular formula is C13H14FN3O. The Balaban J connectivity index is 2.17. The highest BCUT2D eigenvalue weighted by Gasteiger charge is 2.04. The molecule has 0 unspecified atom stereocenters. The van der Waals surface area contributed by atoms with Crippen molar-refractivity contribution in [2.75, 3.05) is 17.7 Å². The van der Waals surface area contributed by atoms with E-state index in [1.165, 1.54) is 6.07 Å². The second-order valence-electron chi connectivity index (χ2n) is 3.67. The van der Waals surface area contributed by atoms with Crippen molar-refractivity contribution in [3.63, 3.8) is 0 Å². The number of nitrogen functional groups attached to an aromatic ring is 1. The topological polar surface area (TPSA) is 60.2 Å². The van der Waals surface area contributed by atoms with Crippen molar-refractivity contribution in [1.29, 1.82) is 0 Å². The minimum Gasteiger partial charge on any atom is -0.491 e. The molecule has 0 fully saturated rings. The largest absolute Gasteiger partial charge is 0.491 e. The number of hydrogen-bond donors (Lipinski definition) is 2. The maximum absolute atomic E-state index is 13.6. The summed E-state index contributed by atoms with van der Waals surface area (Å²) in [6.45, 7) is 2.25. The Morgan fingerprint density at radius 3 is 2.72 bits per heavy atom. The molecule has 2 rings (SSSR count). The van der Waals surface area contributed by atoms with Gasteiger partial charge in [-0.3, -0.25) is 0 Å². The normalized spacial score (nSPS) is 10.1. The van der Waals surface area contributed by atoms with E-state index in [4.69, 9.17) is 10.5 Å². The molecule has 0 aliphatic heterocycles. The lowest BCUT2D eigenvalue weighted by atomic mass is 10.2. The van der Waals surface area contributed by atoms with Crippen molar-refractivity contribution >= 4 is 17.2 Å². The Kier molecular flexibility index (Phi) is 3.62. The summed E-state index contributed by atoms with van der Waals surface area (Å²) in [6, 6.07) is 8.14. The van der Waals surface area contributed by atoms with Crippen molar-refractivity contribution in [2.24, 2.45) is 0 Å². The molecule has 1 heterocycles. The fourth-order valence-electron chi connectivity index (χ4n) is 1.54. The summed E-state index contributed by atoms with van der Waals surface area (Å²) in [6.07, 6.45) is 1.59. The zero-order chi connectivity index (χ0) is 13.0. The van der Waals surface area contributed by atoms with Crippen LogP contribution in [0, 0.1) is 5.82 Å². The van der Waals surface area contributed by atoms with Gasteiger partial charge in [0.2, 0.25) is 0 Å². The van der Waals surface area contributed by atoms with E-state index in [-0.39, 0.29) is 5.75 Å². The van der Waals surface area contributed by atoms with E-state index in [0.717, 1.165) is 5.69 Å². The van der Waals surface area contributed by atoms with Crippen molar-refractivity contribution in [1.82, 2.24) is 4.98 Å². The molecule has 0 aliphatic rings. The molecule has 3 N–H and O–H groups in total. The van der Waals surface area contributed by atoms with Crippen LogP contribution < -0.4 is 15.8 Å². The number of benzene rings is 1. The van der Waals surface area contributed by atoms with Gasteiger partial charge in [0.1, 0.15) is 5.82 Å². The van der Waals surface area contributed by atoms with Crippen molar-refractivity contribution in [2.45, 2.75) is 6.92 Å². The number of rotatable bonds is 4.